The van der Waals surface area contributed by atoms with Crippen molar-refractivity contribution in [2.45, 2.75) is 30.7 Å². The molecule has 11 heteroatoms. The molecule has 1 atom stereocenters. The van der Waals surface area contributed by atoms with Crippen LogP contribution in [0.4, 0.5) is 11.6 Å². The standard InChI is InChI=1S/C25H35N7O2S2/c1-5-20-23(16(2)35-25-28-21(26)15-22(27)29-25)30-24(36-20)17-6-7-18(33-4)19(14-17)34-13-12-32-10-8-31(3)9-11-32/h6-7,14-16H,5,8-13H2,1-4H3,(H4,26,27,28,29). The molecular formula is C25H35N7O2S2. The van der Waals surface area contributed by atoms with Gasteiger partial charge in [0.25, 0.3) is 0 Å². The van der Waals surface area contributed by atoms with Crippen molar-refractivity contribution in [2.75, 3.05) is 65.0 Å². The van der Waals surface area contributed by atoms with Gasteiger partial charge in [-0.15, -0.1) is 11.3 Å². The lowest BCUT2D eigenvalue weighted by Crippen LogP contribution is -2.45. The molecule has 4 rings (SSSR count). The van der Waals surface area contributed by atoms with E-state index in [9.17, 15) is 0 Å². The second-order valence-corrected chi connectivity index (χ2v) is 11.2. The molecular weight excluding hydrogens is 494 g/mol. The van der Waals surface area contributed by atoms with E-state index >= 15 is 0 Å². The highest BCUT2D eigenvalue weighted by atomic mass is 32.2. The predicted octanol–water partition coefficient (Wildman–Crippen LogP) is 3.82. The lowest BCUT2D eigenvalue weighted by atomic mass is 10.2. The summed E-state index contributed by atoms with van der Waals surface area (Å²) in [5.41, 5.74) is 13.7. The van der Waals surface area contributed by atoms with E-state index in [4.69, 9.17) is 25.9 Å². The van der Waals surface area contributed by atoms with Crippen LogP contribution < -0.4 is 20.9 Å². The molecule has 194 valence electrons. The Balaban J connectivity index is 1.49. The number of nitrogen functional groups attached to an aromatic ring is 2. The zero-order valence-electron chi connectivity index (χ0n) is 21.4. The molecule has 1 aliphatic heterocycles. The van der Waals surface area contributed by atoms with Crippen LogP contribution in [-0.2, 0) is 6.42 Å². The zero-order valence-corrected chi connectivity index (χ0v) is 23.0. The van der Waals surface area contributed by atoms with Crippen molar-refractivity contribution in [2.24, 2.45) is 0 Å². The highest BCUT2D eigenvalue weighted by Gasteiger charge is 2.21. The number of anilines is 2. The van der Waals surface area contributed by atoms with Crippen LogP contribution in [0.3, 0.4) is 0 Å². The van der Waals surface area contributed by atoms with Crippen molar-refractivity contribution < 1.29 is 9.47 Å². The molecule has 1 saturated heterocycles. The first-order valence-electron chi connectivity index (χ1n) is 12.1. The molecule has 9 nitrogen and oxygen atoms in total. The number of rotatable bonds is 10. The smallest absolute Gasteiger partial charge is 0.192 e. The molecule has 1 aliphatic rings. The molecule has 0 spiro atoms. The maximum absolute atomic E-state index is 6.18. The van der Waals surface area contributed by atoms with Gasteiger partial charge in [-0.2, -0.15) is 0 Å². The Morgan fingerprint density at radius 3 is 2.44 bits per heavy atom. The van der Waals surface area contributed by atoms with Crippen molar-refractivity contribution in [1.29, 1.82) is 0 Å². The molecule has 0 amide bonds. The van der Waals surface area contributed by atoms with Gasteiger partial charge in [0, 0.05) is 49.2 Å². The van der Waals surface area contributed by atoms with Gasteiger partial charge in [0.2, 0.25) is 0 Å². The number of hydrogen-bond donors (Lipinski definition) is 2. The van der Waals surface area contributed by atoms with Crippen molar-refractivity contribution >= 4 is 34.7 Å². The van der Waals surface area contributed by atoms with Crippen LogP contribution in [0.5, 0.6) is 11.5 Å². The topological polar surface area (TPSA) is 116 Å². The third-order valence-electron chi connectivity index (χ3n) is 6.13. The molecule has 1 aromatic carbocycles. The third-order valence-corrected chi connectivity index (χ3v) is 8.37. The van der Waals surface area contributed by atoms with Gasteiger partial charge in [0.15, 0.2) is 16.7 Å². The molecule has 3 aromatic rings. The predicted molar refractivity (Wildman–Crippen MR) is 148 cm³/mol. The van der Waals surface area contributed by atoms with E-state index in [1.807, 2.05) is 18.2 Å². The van der Waals surface area contributed by atoms with Gasteiger partial charge in [-0.3, -0.25) is 4.90 Å². The summed E-state index contributed by atoms with van der Waals surface area (Å²) in [6.45, 7) is 10.1. The van der Waals surface area contributed by atoms with Crippen LogP contribution in [-0.4, -0.2) is 78.2 Å². The number of nitrogens with zero attached hydrogens (tertiary/aromatic N) is 5. The molecule has 0 bridgehead atoms. The van der Waals surface area contributed by atoms with Gasteiger partial charge in [0.1, 0.15) is 23.3 Å². The van der Waals surface area contributed by atoms with E-state index in [2.05, 4.69) is 40.7 Å². The number of ether oxygens (including phenoxy) is 2. The zero-order chi connectivity index (χ0) is 25.7. The Kier molecular flexibility index (Phi) is 8.89. The molecule has 2 aromatic heterocycles. The molecule has 3 heterocycles. The monoisotopic (exact) mass is 529 g/mol. The molecule has 1 unspecified atom stereocenters. The summed E-state index contributed by atoms with van der Waals surface area (Å²) in [7, 11) is 3.84. The fourth-order valence-electron chi connectivity index (χ4n) is 4.07. The van der Waals surface area contributed by atoms with Crippen LogP contribution in [0.2, 0.25) is 0 Å². The maximum Gasteiger partial charge on any atom is 0.192 e. The van der Waals surface area contributed by atoms with Gasteiger partial charge in [-0.25, -0.2) is 15.0 Å². The fourth-order valence-corrected chi connectivity index (χ4v) is 6.17. The fraction of sp³-hybridized carbons (Fsp3) is 0.480. The largest absolute Gasteiger partial charge is 0.493 e. The van der Waals surface area contributed by atoms with E-state index in [0.717, 1.165) is 66.9 Å². The average molecular weight is 530 g/mol. The lowest BCUT2D eigenvalue weighted by molar-refractivity contribution is 0.133. The summed E-state index contributed by atoms with van der Waals surface area (Å²) >= 11 is 3.21. The van der Waals surface area contributed by atoms with Gasteiger partial charge in [-0.05, 0) is 38.6 Å². The number of methoxy groups -OCH3 is 1. The van der Waals surface area contributed by atoms with E-state index in [1.54, 1.807) is 24.5 Å². The summed E-state index contributed by atoms with van der Waals surface area (Å²) in [5.74, 6) is 2.20. The average Bonchev–Trinajstić information content (AvgIpc) is 3.29. The van der Waals surface area contributed by atoms with Gasteiger partial charge in [-0.1, -0.05) is 18.7 Å². The van der Waals surface area contributed by atoms with Crippen LogP contribution in [0, 0.1) is 0 Å². The molecule has 4 N–H and O–H groups in total. The molecule has 0 aliphatic carbocycles. The third kappa shape index (κ3) is 6.58. The molecule has 1 fully saturated rings. The van der Waals surface area contributed by atoms with E-state index in [0.29, 0.717) is 23.4 Å². The second kappa shape index (κ2) is 12.1. The van der Waals surface area contributed by atoms with Gasteiger partial charge < -0.3 is 25.8 Å². The van der Waals surface area contributed by atoms with Crippen molar-refractivity contribution in [3.8, 4) is 22.1 Å². The Hall–Kier alpha value is -2.60. The van der Waals surface area contributed by atoms with Crippen molar-refractivity contribution in [3.63, 3.8) is 0 Å². The summed E-state index contributed by atoms with van der Waals surface area (Å²) in [4.78, 5) is 19.7. The minimum atomic E-state index is 0.0451. The SMILES string of the molecule is CCc1sc(-c2ccc(OC)c(OCCN3CCN(C)CC3)c2)nc1C(C)Sc1nc(N)cc(N)n1. The van der Waals surface area contributed by atoms with Gasteiger partial charge in [0.05, 0.1) is 18.1 Å². The first kappa shape index (κ1) is 26.5. The number of benzene rings is 1. The van der Waals surface area contributed by atoms with Crippen LogP contribution >= 0.6 is 23.1 Å². The van der Waals surface area contributed by atoms with Crippen molar-refractivity contribution in [1.82, 2.24) is 24.8 Å². The van der Waals surface area contributed by atoms with E-state index in [1.165, 1.54) is 16.6 Å². The maximum atomic E-state index is 6.18. The minimum absolute atomic E-state index is 0.0451. The first-order valence-corrected chi connectivity index (χ1v) is 13.8. The normalized spacial score (nSPS) is 15.7. The van der Waals surface area contributed by atoms with Gasteiger partial charge >= 0.3 is 0 Å². The number of piperazine rings is 1. The lowest BCUT2D eigenvalue weighted by Gasteiger charge is -2.32. The van der Waals surface area contributed by atoms with Crippen LogP contribution in [0.25, 0.3) is 10.6 Å². The second-order valence-electron chi connectivity index (χ2n) is 8.80. The highest BCUT2D eigenvalue weighted by Crippen LogP contribution is 2.41. The quantitative estimate of drug-likeness (QED) is 0.297. The number of likely N-dealkylation sites (N-methyl/N-ethyl adjacent to an activating group) is 1. The molecule has 0 radical (unpaired) electrons. The minimum Gasteiger partial charge on any atom is -0.493 e. The summed E-state index contributed by atoms with van der Waals surface area (Å²) in [6, 6.07) is 7.58. The number of aryl methyl sites for hydroxylation is 1. The summed E-state index contributed by atoms with van der Waals surface area (Å²) in [5, 5.41) is 1.55. The van der Waals surface area contributed by atoms with E-state index < -0.39 is 0 Å². The van der Waals surface area contributed by atoms with Crippen molar-refractivity contribution in [3.05, 3.63) is 34.8 Å². The number of aromatic nitrogens is 3. The number of thioether (sulfide) groups is 1. The van der Waals surface area contributed by atoms with Crippen LogP contribution in [0.1, 0.15) is 29.7 Å². The number of thiazole rings is 1. The first-order chi connectivity index (χ1) is 17.4. The van der Waals surface area contributed by atoms with Crippen LogP contribution in [0.15, 0.2) is 29.4 Å². The Labute approximate surface area is 221 Å². The molecule has 0 saturated carbocycles. The number of hydrogen-bond acceptors (Lipinski definition) is 11. The Bertz CT molecular complexity index is 1150. The summed E-state index contributed by atoms with van der Waals surface area (Å²) < 4.78 is 11.8. The Morgan fingerprint density at radius 2 is 1.78 bits per heavy atom. The molecule has 36 heavy (non-hydrogen) atoms. The Morgan fingerprint density at radius 1 is 1.06 bits per heavy atom. The van der Waals surface area contributed by atoms with E-state index in [-0.39, 0.29) is 5.25 Å². The highest BCUT2D eigenvalue weighted by molar-refractivity contribution is 7.99. The summed E-state index contributed by atoms with van der Waals surface area (Å²) in [6.07, 6.45) is 0.891. The number of nitrogens with two attached hydrogens (primary N) is 2.